The van der Waals surface area contributed by atoms with Gasteiger partial charge in [-0.3, -0.25) is 14.2 Å². The van der Waals surface area contributed by atoms with Crippen molar-refractivity contribution < 1.29 is 9.59 Å². The molecule has 0 aliphatic rings. The molecule has 0 unspecified atom stereocenters. The van der Waals surface area contributed by atoms with E-state index >= 15 is 0 Å². The van der Waals surface area contributed by atoms with E-state index in [9.17, 15) is 9.59 Å². The minimum Gasteiger partial charge on any atom is -0.355 e. The predicted octanol–water partition coefficient (Wildman–Crippen LogP) is 2.52. The fourth-order valence-corrected chi connectivity index (χ4v) is 3.19. The largest absolute Gasteiger partial charge is 0.355 e. The minimum absolute atomic E-state index is 0.125. The van der Waals surface area contributed by atoms with Crippen LogP contribution in [0.2, 0.25) is 5.02 Å². The van der Waals surface area contributed by atoms with E-state index in [0.29, 0.717) is 29.1 Å². The topological polar surface area (TPSA) is 88.9 Å². The molecule has 1 aromatic heterocycles. The Hall–Kier alpha value is -2.32. The first-order chi connectivity index (χ1) is 13.0. The molecule has 0 saturated carbocycles. The Labute approximate surface area is 167 Å². The fraction of sp³-hybridized carbons (Fsp3) is 0.333. The van der Waals surface area contributed by atoms with Gasteiger partial charge in [-0.25, -0.2) is 0 Å². The van der Waals surface area contributed by atoms with Gasteiger partial charge in [0.05, 0.1) is 5.75 Å². The van der Waals surface area contributed by atoms with E-state index in [1.165, 1.54) is 11.8 Å². The van der Waals surface area contributed by atoms with Crippen molar-refractivity contribution in [3.05, 3.63) is 41.9 Å². The second-order valence-corrected chi connectivity index (χ2v) is 7.06. The van der Waals surface area contributed by atoms with Crippen molar-refractivity contribution in [1.29, 1.82) is 0 Å². The van der Waals surface area contributed by atoms with Gasteiger partial charge in [0.2, 0.25) is 11.8 Å². The third-order valence-electron chi connectivity index (χ3n) is 3.59. The number of allylic oxidation sites excluding steroid dienone is 1. The van der Waals surface area contributed by atoms with Crippen LogP contribution in [0.3, 0.4) is 0 Å². The van der Waals surface area contributed by atoms with Crippen LogP contribution >= 0.6 is 23.4 Å². The summed E-state index contributed by atoms with van der Waals surface area (Å²) < 4.78 is 1.88. The number of likely N-dealkylation sites (N-methyl/N-ethyl adjacent to an activating group) is 1. The van der Waals surface area contributed by atoms with Gasteiger partial charge in [0.25, 0.3) is 0 Å². The monoisotopic (exact) mass is 407 g/mol. The Morgan fingerprint density at radius 1 is 1.33 bits per heavy atom. The molecule has 2 amide bonds. The lowest BCUT2D eigenvalue weighted by Gasteiger charge is -2.13. The normalized spacial score (nSPS) is 11.7. The number of thioether (sulfide) groups is 1. The summed E-state index contributed by atoms with van der Waals surface area (Å²) in [5.41, 5.74) is 0.870. The zero-order chi connectivity index (χ0) is 19.8. The molecule has 0 spiro atoms. The van der Waals surface area contributed by atoms with Gasteiger partial charge in [-0.1, -0.05) is 29.4 Å². The molecule has 0 bridgehead atoms. The van der Waals surface area contributed by atoms with Crippen molar-refractivity contribution in [2.24, 2.45) is 0 Å². The number of hydrogen-bond acceptors (Lipinski definition) is 5. The molecule has 2 N–H and O–H groups in total. The standard InChI is InChI=1S/C18H22ClN5O2S/c1-4-10-24-16(13-6-8-14(19)9-7-13)22-23-18(24)27-11-15(25)21-12(3)17(26)20-5-2/h4,6-9,12H,1,5,10-11H2,2-3H3,(H,20,26)(H,21,25)/t12-/m0/s1. The lowest BCUT2D eigenvalue weighted by molar-refractivity contribution is -0.127. The number of rotatable bonds is 9. The molecule has 1 atom stereocenters. The Bertz CT molecular complexity index is 807. The molecule has 0 fully saturated rings. The van der Waals surface area contributed by atoms with Gasteiger partial charge in [0, 0.05) is 23.7 Å². The number of carbonyl (C=O) groups is 2. The number of halogens is 1. The van der Waals surface area contributed by atoms with Gasteiger partial charge < -0.3 is 10.6 Å². The first kappa shape index (κ1) is 21.0. The number of benzene rings is 1. The maximum atomic E-state index is 12.1. The highest BCUT2D eigenvalue weighted by Gasteiger charge is 2.17. The number of amides is 2. The lowest BCUT2D eigenvalue weighted by Crippen LogP contribution is -2.45. The molecule has 0 radical (unpaired) electrons. The molecule has 0 saturated heterocycles. The maximum absolute atomic E-state index is 12.1. The van der Waals surface area contributed by atoms with Crippen LogP contribution < -0.4 is 10.6 Å². The third kappa shape index (κ3) is 5.83. The van der Waals surface area contributed by atoms with Crippen LogP contribution in [0.5, 0.6) is 0 Å². The summed E-state index contributed by atoms with van der Waals surface area (Å²) in [6, 6.07) is 6.70. The highest BCUT2D eigenvalue weighted by atomic mass is 35.5. The predicted molar refractivity (Wildman–Crippen MR) is 108 cm³/mol. The smallest absolute Gasteiger partial charge is 0.242 e. The van der Waals surface area contributed by atoms with E-state index in [2.05, 4.69) is 27.4 Å². The van der Waals surface area contributed by atoms with Crippen LogP contribution in [0.4, 0.5) is 0 Å². The zero-order valence-electron chi connectivity index (χ0n) is 15.2. The number of nitrogens with zero attached hydrogens (tertiary/aromatic N) is 3. The molecule has 9 heteroatoms. The van der Waals surface area contributed by atoms with Crippen LogP contribution in [0.15, 0.2) is 42.1 Å². The SMILES string of the molecule is C=CCn1c(SCC(=O)N[C@@H](C)C(=O)NCC)nnc1-c1ccc(Cl)cc1. The molecule has 7 nitrogen and oxygen atoms in total. The van der Waals surface area contributed by atoms with E-state index < -0.39 is 6.04 Å². The fourth-order valence-electron chi connectivity index (χ4n) is 2.31. The van der Waals surface area contributed by atoms with Crippen LogP contribution in [0, 0.1) is 0 Å². The molecule has 0 aliphatic carbocycles. The van der Waals surface area contributed by atoms with Crippen LogP contribution in [-0.4, -0.2) is 44.9 Å². The van der Waals surface area contributed by atoms with Crippen molar-refractivity contribution in [3.8, 4) is 11.4 Å². The summed E-state index contributed by atoms with van der Waals surface area (Å²) >= 11 is 7.19. The van der Waals surface area contributed by atoms with Crippen molar-refractivity contribution in [3.63, 3.8) is 0 Å². The van der Waals surface area contributed by atoms with Crippen LogP contribution in [0.25, 0.3) is 11.4 Å². The molecule has 0 aliphatic heterocycles. The van der Waals surface area contributed by atoms with Gasteiger partial charge in [-0.05, 0) is 38.1 Å². The Morgan fingerprint density at radius 3 is 2.67 bits per heavy atom. The van der Waals surface area contributed by atoms with Crippen molar-refractivity contribution in [2.75, 3.05) is 12.3 Å². The molecule has 2 aromatic rings. The first-order valence-corrected chi connectivity index (χ1v) is 9.82. The highest BCUT2D eigenvalue weighted by Crippen LogP contribution is 2.25. The zero-order valence-corrected chi connectivity index (χ0v) is 16.8. The summed E-state index contributed by atoms with van der Waals surface area (Å²) in [6.07, 6.45) is 1.74. The molecular weight excluding hydrogens is 386 g/mol. The summed E-state index contributed by atoms with van der Waals surface area (Å²) in [7, 11) is 0. The molecule has 1 aromatic carbocycles. The summed E-state index contributed by atoms with van der Waals surface area (Å²) in [6.45, 7) is 8.26. The van der Waals surface area contributed by atoms with Gasteiger partial charge in [-0.2, -0.15) is 0 Å². The quantitative estimate of drug-likeness (QED) is 0.492. The summed E-state index contributed by atoms with van der Waals surface area (Å²) in [5.74, 6) is 0.334. The van der Waals surface area contributed by atoms with E-state index in [1.807, 2.05) is 23.6 Å². The van der Waals surface area contributed by atoms with Crippen molar-refractivity contribution >= 4 is 35.2 Å². The maximum Gasteiger partial charge on any atom is 0.242 e. The summed E-state index contributed by atoms with van der Waals surface area (Å²) in [4.78, 5) is 23.8. The average Bonchev–Trinajstić information content (AvgIpc) is 3.04. The Balaban J connectivity index is 2.06. The lowest BCUT2D eigenvalue weighted by atomic mass is 10.2. The van der Waals surface area contributed by atoms with E-state index in [0.717, 1.165) is 5.56 Å². The molecular formula is C18H22ClN5O2S. The number of nitrogens with one attached hydrogen (secondary N) is 2. The first-order valence-electron chi connectivity index (χ1n) is 8.46. The van der Waals surface area contributed by atoms with Crippen molar-refractivity contribution in [2.45, 2.75) is 31.6 Å². The summed E-state index contributed by atoms with van der Waals surface area (Å²) in [5, 5.41) is 15.0. The van der Waals surface area contributed by atoms with E-state index in [1.54, 1.807) is 25.1 Å². The van der Waals surface area contributed by atoms with Gasteiger partial charge in [-0.15, -0.1) is 16.8 Å². The third-order valence-corrected chi connectivity index (χ3v) is 4.80. The Kier molecular flexibility index (Phi) is 7.87. The molecule has 27 heavy (non-hydrogen) atoms. The van der Waals surface area contributed by atoms with Gasteiger partial charge in [0.15, 0.2) is 11.0 Å². The van der Waals surface area contributed by atoms with Crippen LogP contribution in [-0.2, 0) is 16.1 Å². The molecule has 2 rings (SSSR count). The highest BCUT2D eigenvalue weighted by molar-refractivity contribution is 7.99. The Morgan fingerprint density at radius 2 is 2.04 bits per heavy atom. The number of aromatic nitrogens is 3. The van der Waals surface area contributed by atoms with Crippen molar-refractivity contribution in [1.82, 2.24) is 25.4 Å². The molecule has 144 valence electrons. The second kappa shape index (κ2) is 10.1. The van der Waals surface area contributed by atoms with E-state index in [4.69, 9.17) is 11.6 Å². The average molecular weight is 408 g/mol. The minimum atomic E-state index is -0.589. The van der Waals surface area contributed by atoms with Gasteiger partial charge >= 0.3 is 0 Å². The second-order valence-electron chi connectivity index (χ2n) is 5.68. The van der Waals surface area contributed by atoms with Gasteiger partial charge in [0.1, 0.15) is 6.04 Å². The number of carbonyl (C=O) groups excluding carboxylic acids is 2. The van der Waals surface area contributed by atoms with Crippen LogP contribution in [0.1, 0.15) is 13.8 Å². The number of hydrogen-bond donors (Lipinski definition) is 2. The van der Waals surface area contributed by atoms with E-state index in [-0.39, 0.29) is 17.6 Å². The molecule has 1 heterocycles.